The molecule has 1 amide bonds. The van der Waals surface area contributed by atoms with Crippen molar-refractivity contribution >= 4 is 39.3 Å². The lowest BCUT2D eigenvalue weighted by molar-refractivity contribution is -0.764. The number of thioether (sulfide) groups is 1. The number of halogens is 1. The third kappa shape index (κ3) is 3.41. The third-order valence-electron chi connectivity index (χ3n) is 4.80. The zero-order valence-corrected chi connectivity index (χ0v) is 19.0. The average molecular weight is 487 g/mol. The fraction of sp³-hybridized carbons (Fsp3) is 0.238. The number of amides is 1. The molecule has 7 nitrogen and oxygen atoms in total. The van der Waals surface area contributed by atoms with Gasteiger partial charge in [0.15, 0.2) is 0 Å². The lowest BCUT2D eigenvalue weighted by atomic mass is 10.0. The first kappa shape index (κ1) is 20.6. The van der Waals surface area contributed by atoms with Crippen molar-refractivity contribution in [3.8, 4) is 22.9 Å². The molecular formula is C21H19BrN4O3S. The van der Waals surface area contributed by atoms with Crippen LogP contribution in [0, 0.1) is 0 Å². The average Bonchev–Trinajstić information content (AvgIpc) is 2.73. The number of hydrogen-bond acceptors (Lipinski definition) is 6. The molecule has 3 aromatic rings. The molecule has 1 aromatic heterocycles. The molecular weight excluding hydrogens is 468 g/mol. The van der Waals surface area contributed by atoms with E-state index >= 15 is 0 Å². The minimum atomic E-state index is -0.677. The highest BCUT2D eigenvalue weighted by atomic mass is 79.9. The molecule has 154 valence electrons. The molecule has 0 saturated carbocycles. The number of rotatable bonds is 4. The summed E-state index contributed by atoms with van der Waals surface area (Å²) in [5.74, 6) is 0.116. The van der Waals surface area contributed by atoms with Crippen molar-refractivity contribution in [3.63, 3.8) is 0 Å². The van der Waals surface area contributed by atoms with Crippen molar-refractivity contribution in [2.24, 2.45) is 0 Å². The summed E-state index contributed by atoms with van der Waals surface area (Å²) in [6.45, 7) is 3.93. The summed E-state index contributed by atoms with van der Waals surface area (Å²) in [7, 11) is 0. The summed E-state index contributed by atoms with van der Waals surface area (Å²) >= 11 is 4.88. The largest absolute Gasteiger partial charge is 0.854 e. The van der Waals surface area contributed by atoms with Crippen LogP contribution >= 0.6 is 27.7 Å². The quantitative estimate of drug-likeness (QED) is 0.415. The van der Waals surface area contributed by atoms with E-state index in [1.54, 1.807) is 9.58 Å². The fourth-order valence-electron chi connectivity index (χ4n) is 3.62. The zero-order chi connectivity index (χ0) is 21.4. The Bertz CT molecular complexity index is 1140. The number of hydrogen-bond donors (Lipinski definition) is 0. The molecule has 30 heavy (non-hydrogen) atoms. The molecule has 1 unspecified atom stereocenters. The first-order chi connectivity index (χ1) is 14.5. The smallest absolute Gasteiger partial charge is 0.294 e. The Balaban J connectivity index is 2.06. The van der Waals surface area contributed by atoms with Crippen LogP contribution in [0.5, 0.6) is 11.6 Å². The minimum absolute atomic E-state index is 0.170. The molecule has 0 N–H and O–H groups in total. The molecule has 9 heteroatoms. The monoisotopic (exact) mass is 486 g/mol. The van der Waals surface area contributed by atoms with Gasteiger partial charge in [-0.3, -0.25) is 4.79 Å². The SMILES string of the molecule is CCOc1ccc(Br)c(C2N(C(C)=O)c3ccccc3-c3c([O-])nc(SC)n[n+]32)c1. The van der Waals surface area contributed by atoms with E-state index in [-0.39, 0.29) is 11.8 Å². The number of anilines is 1. The Morgan fingerprint density at radius 1 is 1.33 bits per heavy atom. The number of carbonyl (C=O) groups excluding carboxylic acids is 1. The summed E-state index contributed by atoms with van der Waals surface area (Å²) in [4.78, 5) is 18.6. The second-order valence-corrected chi connectivity index (χ2v) is 8.22. The van der Waals surface area contributed by atoms with Gasteiger partial charge >= 0.3 is 0 Å². The van der Waals surface area contributed by atoms with Crippen molar-refractivity contribution in [1.29, 1.82) is 0 Å². The highest BCUT2D eigenvalue weighted by Gasteiger charge is 2.44. The predicted molar refractivity (Wildman–Crippen MR) is 116 cm³/mol. The number of benzene rings is 2. The number of aromatic nitrogens is 3. The highest BCUT2D eigenvalue weighted by Crippen LogP contribution is 2.42. The van der Waals surface area contributed by atoms with Gasteiger partial charge in [0.05, 0.1) is 29.3 Å². The second-order valence-electron chi connectivity index (χ2n) is 6.59. The molecule has 1 aliphatic rings. The molecule has 4 rings (SSSR count). The topological polar surface area (TPSA) is 82.3 Å². The van der Waals surface area contributed by atoms with Crippen LogP contribution in [0.1, 0.15) is 25.6 Å². The molecule has 0 radical (unpaired) electrons. The van der Waals surface area contributed by atoms with E-state index in [9.17, 15) is 9.90 Å². The second kappa shape index (κ2) is 8.23. The van der Waals surface area contributed by atoms with Gasteiger partial charge in [0.2, 0.25) is 5.91 Å². The van der Waals surface area contributed by atoms with Gasteiger partial charge in [0.1, 0.15) is 5.75 Å². The maximum absolute atomic E-state index is 13.0. The Morgan fingerprint density at radius 2 is 2.10 bits per heavy atom. The summed E-state index contributed by atoms with van der Waals surface area (Å²) in [5, 5.41) is 17.9. The molecule has 2 aromatic carbocycles. The summed E-state index contributed by atoms with van der Waals surface area (Å²) < 4.78 is 8.05. The van der Waals surface area contributed by atoms with Crippen molar-refractivity contribution in [2.45, 2.75) is 25.2 Å². The number of nitrogens with zero attached hydrogens (tertiary/aromatic N) is 4. The van der Waals surface area contributed by atoms with Crippen LogP contribution in [0.4, 0.5) is 5.69 Å². The fourth-order valence-corrected chi connectivity index (χ4v) is 4.41. The zero-order valence-electron chi connectivity index (χ0n) is 16.6. The first-order valence-electron chi connectivity index (χ1n) is 9.32. The predicted octanol–water partition coefficient (Wildman–Crippen LogP) is 3.30. The number of ether oxygens (including phenoxy) is 1. The van der Waals surface area contributed by atoms with Crippen molar-refractivity contribution in [1.82, 2.24) is 10.1 Å². The van der Waals surface area contributed by atoms with Crippen LogP contribution < -0.4 is 19.4 Å². The van der Waals surface area contributed by atoms with Gasteiger partial charge in [0, 0.05) is 16.5 Å². The van der Waals surface area contributed by atoms with Crippen molar-refractivity contribution < 1.29 is 19.3 Å². The Kier molecular flexibility index (Phi) is 5.66. The van der Waals surface area contributed by atoms with E-state index in [0.29, 0.717) is 34.5 Å². The number of carbonyl (C=O) groups is 1. The molecule has 0 fully saturated rings. The van der Waals surface area contributed by atoms with E-state index < -0.39 is 6.17 Å². The van der Waals surface area contributed by atoms with Crippen LogP contribution in [0.15, 0.2) is 52.1 Å². The molecule has 0 aliphatic carbocycles. The lowest BCUT2D eigenvalue weighted by Crippen LogP contribution is -2.58. The summed E-state index contributed by atoms with van der Waals surface area (Å²) in [6, 6.07) is 12.9. The maximum atomic E-state index is 13.0. The van der Waals surface area contributed by atoms with Gasteiger partial charge in [-0.25, -0.2) is 9.88 Å². The van der Waals surface area contributed by atoms with E-state index in [1.165, 1.54) is 18.7 Å². The highest BCUT2D eigenvalue weighted by molar-refractivity contribution is 9.10. The van der Waals surface area contributed by atoms with Gasteiger partial charge < -0.3 is 9.84 Å². The Hall–Kier alpha value is -2.65. The van der Waals surface area contributed by atoms with Gasteiger partial charge in [0.25, 0.3) is 17.0 Å². The van der Waals surface area contributed by atoms with Crippen molar-refractivity contribution in [2.75, 3.05) is 17.8 Å². The first-order valence-corrected chi connectivity index (χ1v) is 11.3. The van der Waals surface area contributed by atoms with E-state index in [4.69, 9.17) is 4.74 Å². The summed E-state index contributed by atoms with van der Waals surface area (Å²) in [5.41, 5.74) is 2.36. The molecule has 2 heterocycles. The Labute approximate surface area is 186 Å². The summed E-state index contributed by atoms with van der Waals surface area (Å²) in [6.07, 6.45) is 1.13. The molecule has 1 atom stereocenters. The third-order valence-corrected chi connectivity index (χ3v) is 6.06. The molecule has 0 spiro atoms. The van der Waals surface area contributed by atoms with Crippen LogP contribution in [-0.2, 0) is 4.79 Å². The van der Waals surface area contributed by atoms with Crippen LogP contribution in [0.2, 0.25) is 0 Å². The van der Waals surface area contributed by atoms with Gasteiger partial charge in [-0.15, -0.1) is 0 Å². The van der Waals surface area contributed by atoms with E-state index in [0.717, 1.165) is 10.0 Å². The molecule has 1 aliphatic heterocycles. The van der Waals surface area contributed by atoms with Crippen LogP contribution in [-0.4, -0.2) is 28.9 Å². The van der Waals surface area contributed by atoms with Gasteiger partial charge in [-0.05, 0) is 43.5 Å². The van der Waals surface area contributed by atoms with Gasteiger partial charge in [-0.1, -0.05) is 44.5 Å². The molecule has 0 saturated heterocycles. The van der Waals surface area contributed by atoms with E-state index in [1.807, 2.05) is 55.6 Å². The van der Waals surface area contributed by atoms with Crippen LogP contribution in [0.25, 0.3) is 11.3 Å². The van der Waals surface area contributed by atoms with Gasteiger partial charge in [-0.2, -0.15) is 0 Å². The van der Waals surface area contributed by atoms with E-state index in [2.05, 4.69) is 26.0 Å². The molecule has 0 bridgehead atoms. The maximum Gasteiger partial charge on any atom is 0.294 e. The normalized spacial score (nSPS) is 14.8. The minimum Gasteiger partial charge on any atom is -0.854 e. The standard InChI is InChI=1S/C21H19BrN4O3S/c1-4-29-13-9-10-16(22)15(11-13)20-25(12(2)27)17-8-6-5-7-14(17)18-19(28)23-21(30-3)24-26(18)20/h5-11,20H,4H2,1-3H3. The van der Waals surface area contributed by atoms with Crippen LogP contribution in [0.3, 0.4) is 0 Å². The van der Waals surface area contributed by atoms with Crippen molar-refractivity contribution in [3.05, 3.63) is 52.5 Å². The number of para-hydroxylation sites is 1. The lowest BCUT2D eigenvalue weighted by Gasteiger charge is -2.33. The Morgan fingerprint density at radius 3 is 2.80 bits per heavy atom. The number of fused-ring (bicyclic) bond motifs is 3.